The van der Waals surface area contributed by atoms with E-state index in [2.05, 4.69) is 111 Å². The van der Waals surface area contributed by atoms with Crippen LogP contribution in [0.25, 0.3) is 50.3 Å². The van der Waals surface area contributed by atoms with Crippen molar-refractivity contribution in [2.75, 3.05) is 0 Å². The minimum Gasteiger partial charge on any atom is -0.328 e. The summed E-state index contributed by atoms with van der Waals surface area (Å²) in [6.07, 6.45) is 6.18. The second kappa shape index (κ2) is 7.96. The van der Waals surface area contributed by atoms with E-state index in [1.165, 1.54) is 10.9 Å². The van der Waals surface area contributed by atoms with E-state index in [0.29, 0.717) is 0 Å². The minimum atomic E-state index is 0.800. The van der Waals surface area contributed by atoms with Gasteiger partial charge in [-0.05, 0) is 23.3 Å². The Bertz CT molecular complexity index is 1750. The van der Waals surface area contributed by atoms with Crippen LogP contribution in [-0.2, 0) is 6.54 Å². The first-order chi connectivity index (χ1) is 17.4. The van der Waals surface area contributed by atoms with Gasteiger partial charge in [0.2, 0.25) is 0 Å². The maximum absolute atomic E-state index is 5.24. The number of imidazole rings is 1. The summed E-state index contributed by atoms with van der Waals surface area (Å²) in [4.78, 5) is 9.91. The van der Waals surface area contributed by atoms with Gasteiger partial charge in [-0.2, -0.15) is 0 Å². The van der Waals surface area contributed by atoms with Gasteiger partial charge in [0.15, 0.2) is 0 Å². The lowest BCUT2D eigenvalue weighted by molar-refractivity contribution is 0.832. The monoisotopic (exact) mass is 450 g/mol. The Labute approximate surface area is 203 Å². The molecule has 2 aliphatic heterocycles. The van der Waals surface area contributed by atoms with E-state index in [4.69, 9.17) is 4.98 Å². The number of hydrogen-bond acceptors (Lipinski definition) is 2. The molecular weight excluding hydrogens is 428 g/mol. The molecule has 0 fully saturated rings. The molecule has 2 aliphatic rings. The molecule has 0 aliphatic carbocycles. The maximum Gasteiger partial charge on any atom is 0.125 e. The molecule has 5 aromatic rings. The van der Waals surface area contributed by atoms with Crippen LogP contribution >= 0.6 is 0 Å². The van der Waals surface area contributed by atoms with E-state index in [1.807, 2.05) is 24.4 Å². The van der Waals surface area contributed by atoms with Gasteiger partial charge < -0.3 is 4.57 Å². The van der Waals surface area contributed by atoms with Crippen molar-refractivity contribution in [3.8, 4) is 33.9 Å². The van der Waals surface area contributed by atoms with Gasteiger partial charge in [0.1, 0.15) is 5.65 Å². The van der Waals surface area contributed by atoms with Gasteiger partial charge in [0.25, 0.3) is 0 Å². The van der Waals surface area contributed by atoms with E-state index >= 15 is 0 Å². The molecule has 3 aromatic carbocycles. The number of nitrogens with zero attached hydrogens (tertiary/aromatic N) is 4. The number of pyridine rings is 2. The lowest BCUT2D eigenvalue weighted by Gasteiger charge is -2.14. The van der Waals surface area contributed by atoms with Gasteiger partial charge in [0.05, 0.1) is 22.8 Å². The topological polar surface area (TPSA) is 35.1 Å². The maximum atomic E-state index is 5.24. The van der Waals surface area contributed by atoms with Crippen LogP contribution in [0.5, 0.6) is 0 Å². The van der Waals surface area contributed by atoms with E-state index in [9.17, 15) is 0 Å². The number of hydrogen-bond donors (Lipinski definition) is 0. The standard InChI is InChI=1S/C31H22N4/c1-3-11-22(12-4-1)21-34-19-20-35-30-27(23-13-5-2-6-14-23)29(26-17-9-10-18-32-26)33-28(30)24-15-7-8-16-25(24)31(34)35/h1-20H,21H2. The molecule has 0 bridgehead atoms. The molecule has 0 saturated heterocycles. The number of benzene rings is 3. The molecule has 0 saturated carbocycles. The van der Waals surface area contributed by atoms with Crippen molar-refractivity contribution in [1.29, 1.82) is 0 Å². The smallest absolute Gasteiger partial charge is 0.125 e. The van der Waals surface area contributed by atoms with Gasteiger partial charge in [-0.1, -0.05) is 91.0 Å². The minimum absolute atomic E-state index is 0.800. The lowest BCUT2D eigenvalue weighted by Crippen LogP contribution is -2.02. The third-order valence-corrected chi connectivity index (χ3v) is 6.65. The summed E-state index contributed by atoms with van der Waals surface area (Å²) < 4.78 is 4.64. The number of aromatic nitrogens is 4. The normalized spacial score (nSPS) is 11.5. The van der Waals surface area contributed by atoms with Crippen molar-refractivity contribution < 1.29 is 0 Å². The first kappa shape index (κ1) is 19.7. The molecule has 0 spiro atoms. The van der Waals surface area contributed by atoms with Crippen LogP contribution < -0.4 is 0 Å². The Balaban J connectivity index is 1.62. The Morgan fingerprint density at radius 3 is 2.11 bits per heavy atom. The van der Waals surface area contributed by atoms with Crippen LogP contribution in [-0.4, -0.2) is 18.9 Å². The van der Waals surface area contributed by atoms with Gasteiger partial charge in [-0.3, -0.25) is 9.38 Å². The Morgan fingerprint density at radius 1 is 0.629 bits per heavy atom. The van der Waals surface area contributed by atoms with Crippen LogP contribution in [0.4, 0.5) is 0 Å². The summed E-state index contributed by atoms with van der Waals surface area (Å²) in [5.41, 5.74) is 8.57. The zero-order valence-electron chi connectivity index (χ0n) is 19.0. The number of rotatable bonds is 4. The van der Waals surface area contributed by atoms with Crippen LogP contribution in [0.2, 0.25) is 0 Å². The highest BCUT2D eigenvalue weighted by Gasteiger charge is 2.27. The van der Waals surface area contributed by atoms with Crippen LogP contribution in [0.3, 0.4) is 0 Å². The van der Waals surface area contributed by atoms with Gasteiger partial charge >= 0.3 is 0 Å². The average Bonchev–Trinajstić information content (AvgIpc) is 3.53. The van der Waals surface area contributed by atoms with Crippen molar-refractivity contribution in [2.45, 2.75) is 6.54 Å². The third kappa shape index (κ3) is 3.15. The lowest BCUT2D eigenvalue weighted by atomic mass is 9.98. The highest BCUT2D eigenvalue weighted by molar-refractivity contribution is 6.09. The molecule has 4 heterocycles. The fourth-order valence-electron chi connectivity index (χ4n) is 5.12. The van der Waals surface area contributed by atoms with Gasteiger partial charge in [-0.15, -0.1) is 0 Å². The molecule has 0 unspecified atom stereocenters. The zero-order valence-corrected chi connectivity index (χ0v) is 19.0. The Hall–Kier alpha value is -4.70. The second-order valence-corrected chi connectivity index (χ2v) is 8.76. The molecule has 0 atom stereocenters. The average molecular weight is 451 g/mol. The predicted molar refractivity (Wildman–Crippen MR) is 142 cm³/mol. The number of fused-ring (bicyclic) bond motifs is 6. The predicted octanol–water partition coefficient (Wildman–Crippen LogP) is 7.17. The van der Waals surface area contributed by atoms with Crippen LogP contribution in [0.1, 0.15) is 5.56 Å². The van der Waals surface area contributed by atoms with Crippen molar-refractivity contribution in [1.82, 2.24) is 18.9 Å². The van der Waals surface area contributed by atoms with Gasteiger partial charge in [0, 0.05) is 41.5 Å². The summed E-state index contributed by atoms with van der Waals surface area (Å²) in [5, 5.41) is 2.33. The van der Waals surface area contributed by atoms with Crippen molar-refractivity contribution in [3.05, 3.63) is 127 Å². The molecule has 0 radical (unpaired) electrons. The quantitative estimate of drug-likeness (QED) is 0.285. The first-order valence-electron chi connectivity index (χ1n) is 11.8. The largest absolute Gasteiger partial charge is 0.328 e. The van der Waals surface area contributed by atoms with E-state index in [1.54, 1.807) is 0 Å². The summed E-state index contributed by atoms with van der Waals surface area (Å²) in [5.74, 6) is 0. The molecule has 7 rings (SSSR count). The SMILES string of the molecule is c1ccc(Cn2ccn3c4c(-c5ccccc5)c(-c5ccccn5)nc-4c4ccccc4c23)cc1. The van der Waals surface area contributed by atoms with Crippen molar-refractivity contribution >= 4 is 16.4 Å². The molecule has 4 heteroatoms. The van der Waals surface area contributed by atoms with Crippen LogP contribution in [0.15, 0.2) is 122 Å². The molecule has 0 amide bonds. The first-order valence-corrected chi connectivity index (χ1v) is 11.8. The van der Waals surface area contributed by atoms with Crippen LogP contribution in [0, 0.1) is 0 Å². The summed E-state index contributed by atoms with van der Waals surface area (Å²) in [7, 11) is 0. The third-order valence-electron chi connectivity index (χ3n) is 6.65. The summed E-state index contributed by atoms with van der Waals surface area (Å²) in [6, 6.07) is 35.7. The molecule has 35 heavy (non-hydrogen) atoms. The van der Waals surface area contributed by atoms with E-state index < -0.39 is 0 Å². The highest BCUT2D eigenvalue weighted by Crippen LogP contribution is 2.45. The fourth-order valence-corrected chi connectivity index (χ4v) is 5.12. The molecular formula is C31H22N4. The molecule has 4 nitrogen and oxygen atoms in total. The van der Waals surface area contributed by atoms with Crippen molar-refractivity contribution in [3.63, 3.8) is 0 Å². The summed E-state index contributed by atoms with van der Waals surface area (Å²) in [6.45, 7) is 0.800. The summed E-state index contributed by atoms with van der Waals surface area (Å²) >= 11 is 0. The van der Waals surface area contributed by atoms with Crippen molar-refractivity contribution in [2.24, 2.45) is 0 Å². The highest BCUT2D eigenvalue weighted by atomic mass is 15.1. The van der Waals surface area contributed by atoms with Gasteiger partial charge in [-0.25, -0.2) is 4.98 Å². The molecule has 166 valence electrons. The Morgan fingerprint density at radius 2 is 1.34 bits per heavy atom. The van der Waals surface area contributed by atoms with E-state index in [-0.39, 0.29) is 0 Å². The van der Waals surface area contributed by atoms with E-state index in [0.717, 1.165) is 51.5 Å². The fraction of sp³-hybridized carbons (Fsp3) is 0.0323. The molecule has 2 aromatic heterocycles. The second-order valence-electron chi connectivity index (χ2n) is 8.76. The molecule has 0 N–H and O–H groups in total. The Kier molecular flexibility index (Phi) is 4.49. The zero-order chi connectivity index (χ0) is 23.2.